The number of nitrogens with one attached hydrogen (secondary N) is 1. The summed E-state index contributed by atoms with van der Waals surface area (Å²) in [6, 6.07) is 19.1. The molecule has 0 saturated carbocycles. The number of fused-ring (bicyclic) bond motifs is 1. The van der Waals surface area contributed by atoms with Gasteiger partial charge >= 0.3 is 0 Å². The lowest BCUT2D eigenvalue weighted by atomic mass is 9.96. The van der Waals surface area contributed by atoms with Crippen molar-refractivity contribution in [2.45, 2.75) is 32.2 Å². The first-order valence-corrected chi connectivity index (χ1v) is 8.39. The number of rotatable bonds is 5. The van der Waals surface area contributed by atoms with Gasteiger partial charge < -0.3 is 10.2 Å². The van der Waals surface area contributed by atoms with E-state index in [9.17, 15) is 4.79 Å². The third kappa shape index (κ3) is 3.92. The van der Waals surface area contributed by atoms with Crippen molar-refractivity contribution in [2.24, 2.45) is 0 Å². The molecule has 1 aliphatic rings. The largest absolute Gasteiger partial charge is 0.359 e. The predicted molar refractivity (Wildman–Crippen MR) is 94.7 cm³/mol. The Bertz CT molecular complexity index is 654. The van der Waals surface area contributed by atoms with Crippen LogP contribution in [0.5, 0.6) is 0 Å². The summed E-state index contributed by atoms with van der Waals surface area (Å²) in [5.74, 6) is 0.101. The van der Waals surface area contributed by atoms with E-state index in [1.807, 2.05) is 18.2 Å². The molecule has 0 aromatic heterocycles. The highest BCUT2D eigenvalue weighted by Gasteiger charge is 2.24. The summed E-state index contributed by atoms with van der Waals surface area (Å²) in [5.41, 5.74) is 3.82. The molecule has 0 fully saturated rings. The summed E-state index contributed by atoms with van der Waals surface area (Å²) in [6.45, 7) is 3.33. The average molecular weight is 308 g/mol. The third-order valence-electron chi connectivity index (χ3n) is 4.56. The fourth-order valence-corrected chi connectivity index (χ4v) is 3.20. The van der Waals surface area contributed by atoms with Crippen molar-refractivity contribution in [1.82, 2.24) is 5.32 Å². The van der Waals surface area contributed by atoms with E-state index in [-0.39, 0.29) is 5.91 Å². The Hall–Kier alpha value is -2.29. The van der Waals surface area contributed by atoms with Gasteiger partial charge in [0.2, 0.25) is 5.91 Å². The van der Waals surface area contributed by atoms with E-state index in [1.165, 1.54) is 16.8 Å². The summed E-state index contributed by atoms with van der Waals surface area (Å²) in [5, 5.41) is 3.05. The van der Waals surface area contributed by atoms with Crippen LogP contribution in [0, 0.1) is 0 Å². The number of carbonyl (C=O) groups excluding carboxylic acids is 1. The monoisotopic (exact) mass is 308 g/mol. The fraction of sp³-hybridized carbons (Fsp3) is 0.350. The van der Waals surface area contributed by atoms with Gasteiger partial charge in [-0.1, -0.05) is 48.5 Å². The van der Waals surface area contributed by atoms with E-state index in [4.69, 9.17) is 0 Å². The number of hydrogen-bond acceptors (Lipinski definition) is 2. The standard InChI is InChI=1S/C20H24N2O/c1-16-11-12-18-9-5-6-10-19(18)22(16)15-20(23)21-14-13-17-7-3-2-4-8-17/h2-10,16H,11-15H2,1H3,(H,21,23)/t16-/m0/s1. The third-order valence-corrected chi connectivity index (χ3v) is 4.56. The lowest BCUT2D eigenvalue weighted by Crippen LogP contribution is -2.44. The van der Waals surface area contributed by atoms with Crippen molar-refractivity contribution in [2.75, 3.05) is 18.0 Å². The first-order valence-electron chi connectivity index (χ1n) is 8.39. The van der Waals surface area contributed by atoms with Crippen molar-refractivity contribution >= 4 is 11.6 Å². The Kier molecular flexibility index (Phi) is 4.96. The zero-order chi connectivity index (χ0) is 16.1. The van der Waals surface area contributed by atoms with Gasteiger partial charge in [0.05, 0.1) is 6.54 Å². The second-order valence-corrected chi connectivity index (χ2v) is 6.23. The maximum Gasteiger partial charge on any atom is 0.239 e. The molecule has 0 aliphatic carbocycles. The van der Waals surface area contributed by atoms with Crippen LogP contribution in [-0.2, 0) is 17.6 Å². The molecule has 1 atom stereocenters. The van der Waals surface area contributed by atoms with Crippen molar-refractivity contribution < 1.29 is 4.79 Å². The van der Waals surface area contributed by atoms with Gasteiger partial charge in [-0.15, -0.1) is 0 Å². The van der Waals surface area contributed by atoms with Gasteiger partial charge in [-0.25, -0.2) is 0 Å². The van der Waals surface area contributed by atoms with Crippen molar-refractivity contribution in [3.63, 3.8) is 0 Å². The molecule has 0 spiro atoms. The van der Waals surface area contributed by atoms with Gasteiger partial charge in [-0.3, -0.25) is 4.79 Å². The van der Waals surface area contributed by atoms with Crippen LogP contribution in [-0.4, -0.2) is 25.0 Å². The Morgan fingerprint density at radius 2 is 1.87 bits per heavy atom. The first kappa shape index (κ1) is 15.6. The molecule has 3 rings (SSSR count). The highest BCUT2D eigenvalue weighted by atomic mass is 16.2. The van der Waals surface area contributed by atoms with Crippen LogP contribution in [0.2, 0.25) is 0 Å². The molecule has 120 valence electrons. The summed E-state index contributed by atoms with van der Waals surface area (Å²) in [4.78, 5) is 14.5. The van der Waals surface area contributed by atoms with Crippen LogP contribution < -0.4 is 10.2 Å². The maximum absolute atomic E-state index is 12.3. The van der Waals surface area contributed by atoms with Gasteiger partial charge in [-0.05, 0) is 43.4 Å². The summed E-state index contributed by atoms with van der Waals surface area (Å²) >= 11 is 0. The molecule has 3 heteroatoms. The van der Waals surface area contributed by atoms with Crippen LogP contribution in [0.1, 0.15) is 24.5 Å². The molecule has 1 heterocycles. The van der Waals surface area contributed by atoms with E-state index in [1.54, 1.807) is 0 Å². The van der Waals surface area contributed by atoms with Crippen molar-refractivity contribution in [3.05, 3.63) is 65.7 Å². The summed E-state index contributed by atoms with van der Waals surface area (Å²) in [7, 11) is 0. The topological polar surface area (TPSA) is 32.3 Å². The zero-order valence-corrected chi connectivity index (χ0v) is 13.7. The Morgan fingerprint density at radius 3 is 2.70 bits per heavy atom. The minimum Gasteiger partial charge on any atom is -0.359 e. The van der Waals surface area contributed by atoms with Crippen molar-refractivity contribution in [3.8, 4) is 0 Å². The van der Waals surface area contributed by atoms with Crippen molar-refractivity contribution in [1.29, 1.82) is 0 Å². The molecular formula is C20H24N2O. The van der Waals surface area contributed by atoms with Gasteiger partial charge in [0.1, 0.15) is 0 Å². The molecule has 2 aromatic carbocycles. The van der Waals surface area contributed by atoms with E-state index < -0.39 is 0 Å². The molecule has 3 nitrogen and oxygen atoms in total. The summed E-state index contributed by atoms with van der Waals surface area (Å²) in [6.07, 6.45) is 3.08. The van der Waals surface area contributed by atoms with E-state index >= 15 is 0 Å². The number of hydrogen-bond donors (Lipinski definition) is 1. The average Bonchev–Trinajstić information content (AvgIpc) is 2.58. The summed E-state index contributed by atoms with van der Waals surface area (Å²) < 4.78 is 0. The molecule has 23 heavy (non-hydrogen) atoms. The quantitative estimate of drug-likeness (QED) is 0.920. The SMILES string of the molecule is C[C@H]1CCc2ccccc2N1CC(=O)NCCc1ccccc1. The van der Waals surface area contributed by atoms with E-state index in [2.05, 4.69) is 53.5 Å². The molecule has 1 aliphatic heterocycles. The van der Waals surface area contributed by atoms with Crippen LogP contribution in [0.15, 0.2) is 54.6 Å². The molecule has 0 saturated heterocycles. The number of nitrogens with zero attached hydrogens (tertiary/aromatic N) is 1. The first-order chi connectivity index (χ1) is 11.2. The molecule has 0 radical (unpaired) electrons. The van der Waals surface area contributed by atoms with Gasteiger partial charge in [0.25, 0.3) is 0 Å². The number of aryl methyl sites for hydroxylation is 1. The van der Waals surface area contributed by atoms with Crippen LogP contribution >= 0.6 is 0 Å². The molecule has 0 unspecified atom stereocenters. The number of carbonyl (C=O) groups is 1. The lowest BCUT2D eigenvalue weighted by molar-refractivity contribution is -0.119. The number of benzene rings is 2. The highest BCUT2D eigenvalue weighted by Crippen LogP contribution is 2.29. The predicted octanol–water partition coefficient (Wildman–Crippen LogP) is 3.19. The minimum atomic E-state index is 0.101. The second-order valence-electron chi connectivity index (χ2n) is 6.23. The Morgan fingerprint density at radius 1 is 1.13 bits per heavy atom. The molecule has 0 bridgehead atoms. The van der Waals surface area contributed by atoms with Gasteiger partial charge in [0, 0.05) is 18.3 Å². The van der Waals surface area contributed by atoms with Crippen LogP contribution in [0.25, 0.3) is 0 Å². The van der Waals surface area contributed by atoms with Crippen LogP contribution in [0.4, 0.5) is 5.69 Å². The Balaban J connectivity index is 1.55. The minimum absolute atomic E-state index is 0.101. The molecular weight excluding hydrogens is 284 g/mol. The zero-order valence-electron chi connectivity index (χ0n) is 13.7. The van der Waals surface area contributed by atoms with Gasteiger partial charge in [-0.2, -0.15) is 0 Å². The maximum atomic E-state index is 12.3. The van der Waals surface area contributed by atoms with Crippen LogP contribution in [0.3, 0.4) is 0 Å². The molecule has 2 aromatic rings. The van der Waals surface area contributed by atoms with Gasteiger partial charge in [0.15, 0.2) is 0 Å². The molecule has 1 amide bonds. The number of amides is 1. The lowest BCUT2D eigenvalue weighted by Gasteiger charge is -2.36. The Labute approximate surface area is 138 Å². The smallest absolute Gasteiger partial charge is 0.239 e. The highest BCUT2D eigenvalue weighted by molar-refractivity contribution is 5.82. The number of para-hydroxylation sites is 1. The fourth-order valence-electron chi connectivity index (χ4n) is 3.20. The second kappa shape index (κ2) is 7.32. The molecule has 1 N–H and O–H groups in total. The van der Waals surface area contributed by atoms with E-state index in [0.29, 0.717) is 19.1 Å². The normalized spacial score (nSPS) is 16.7. The van der Waals surface area contributed by atoms with E-state index in [0.717, 1.165) is 19.3 Å². The number of anilines is 1.